The Balaban J connectivity index is 1.58. The first kappa shape index (κ1) is 25.6. The fourth-order valence-corrected chi connectivity index (χ4v) is 5.64. The summed E-state index contributed by atoms with van der Waals surface area (Å²) in [4.78, 5) is 27.2. The fraction of sp³-hybridized carbons (Fsp3) is 0.233. The Kier molecular flexibility index (Phi) is 6.96. The number of anilines is 1. The molecular formula is C30H26BrN3O4. The predicted octanol–water partition coefficient (Wildman–Crippen LogP) is 6.50. The van der Waals surface area contributed by atoms with Crippen LogP contribution in [0.25, 0.3) is 11.3 Å². The van der Waals surface area contributed by atoms with E-state index < -0.39 is 5.92 Å². The van der Waals surface area contributed by atoms with Gasteiger partial charge in [-0.3, -0.25) is 9.69 Å². The fourth-order valence-electron chi connectivity index (χ4n) is 5.16. The van der Waals surface area contributed by atoms with Gasteiger partial charge in [0.05, 0.1) is 35.4 Å². The Labute approximate surface area is 229 Å². The smallest absolute Gasteiger partial charge is 0.338 e. The van der Waals surface area contributed by atoms with Crippen LogP contribution < -0.4 is 10.6 Å². The zero-order valence-corrected chi connectivity index (χ0v) is 22.7. The number of carbonyl (C=O) groups is 2. The molecule has 0 saturated carbocycles. The van der Waals surface area contributed by atoms with Gasteiger partial charge in [-0.2, -0.15) is 5.26 Å². The number of allylic oxidation sites excluding steroid dienone is 3. The van der Waals surface area contributed by atoms with E-state index in [9.17, 15) is 14.9 Å². The molecule has 0 bridgehead atoms. The number of carbonyl (C=O) groups excluding carboxylic acids is 2. The standard InChI is InChI=1S/C30H26BrN3O4/c1-3-37-30(36)19-9-7-18(8-10-19)25-13-14-26(38-25)27-21(16-32)29(33)34(22-12-11-20(31)15-17(22)2)23-5-4-6-24(35)28(23)27/h7-15,27H,3-6,33H2,1-2H3. The first-order valence-electron chi connectivity index (χ1n) is 12.4. The maximum Gasteiger partial charge on any atom is 0.338 e. The molecule has 1 aromatic heterocycles. The van der Waals surface area contributed by atoms with Crippen molar-refractivity contribution >= 4 is 33.4 Å². The monoisotopic (exact) mass is 571 g/mol. The molecule has 0 saturated heterocycles. The number of ether oxygens (including phenoxy) is 1. The van der Waals surface area contributed by atoms with Crippen LogP contribution in [0.1, 0.15) is 53.8 Å². The number of aryl methyl sites for hydroxylation is 1. The highest BCUT2D eigenvalue weighted by Gasteiger charge is 2.42. The van der Waals surface area contributed by atoms with Gasteiger partial charge in [0, 0.05) is 27.7 Å². The molecule has 0 radical (unpaired) electrons. The molecule has 1 aliphatic heterocycles. The molecular weight excluding hydrogens is 546 g/mol. The number of furan rings is 1. The normalized spacial score (nSPS) is 17.4. The van der Waals surface area contributed by atoms with E-state index in [-0.39, 0.29) is 17.3 Å². The van der Waals surface area contributed by atoms with Crippen LogP contribution in [0.4, 0.5) is 5.69 Å². The van der Waals surface area contributed by atoms with Crippen molar-refractivity contribution in [3.05, 3.63) is 98.6 Å². The molecule has 1 unspecified atom stereocenters. The molecule has 38 heavy (non-hydrogen) atoms. The van der Waals surface area contributed by atoms with Crippen molar-refractivity contribution in [2.45, 2.75) is 39.0 Å². The summed E-state index contributed by atoms with van der Waals surface area (Å²) in [5.74, 6) is 0.247. The van der Waals surface area contributed by atoms with Crippen LogP contribution in [0.3, 0.4) is 0 Å². The molecule has 5 rings (SSSR count). The first-order chi connectivity index (χ1) is 18.3. The van der Waals surface area contributed by atoms with Gasteiger partial charge in [0.2, 0.25) is 0 Å². The molecule has 7 nitrogen and oxygen atoms in total. The second kappa shape index (κ2) is 10.3. The average Bonchev–Trinajstić information content (AvgIpc) is 3.39. The number of nitrogens with zero attached hydrogens (tertiary/aromatic N) is 2. The number of rotatable bonds is 5. The maximum absolute atomic E-state index is 13.4. The highest BCUT2D eigenvalue weighted by atomic mass is 79.9. The van der Waals surface area contributed by atoms with Crippen LogP contribution in [-0.2, 0) is 9.53 Å². The number of hydrogen-bond donors (Lipinski definition) is 1. The predicted molar refractivity (Wildman–Crippen MR) is 147 cm³/mol. The number of nitrogens with two attached hydrogens (primary N) is 1. The van der Waals surface area contributed by atoms with Gasteiger partial charge in [-0.15, -0.1) is 0 Å². The van der Waals surface area contributed by atoms with E-state index >= 15 is 0 Å². The molecule has 1 atom stereocenters. The summed E-state index contributed by atoms with van der Waals surface area (Å²) >= 11 is 3.50. The van der Waals surface area contributed by atoms with E-state index in [4.69, 9.17) is 14.9 Å². The molecule has 0 fully saturated rings. The third-order valence-corrected chi connectivity index (χ3v) is 7.40. The number of Topliss-reactive ketones (excluding diaryl/α,β-unsaturated/α-hetero) is 1. The minimum absolute atomic E-state index is 0.00648. The lowest BCUT2D eigenvalue weighted by Crippen LogP contribution is -2.39. The van der Waals surface area contributed by atoms with E-state index in [1.54, 1.807) is 43.3 Å². The van der Waals surface area contributed by atoms with E-state index in [0.717, 1.165) is 27.0 Å². The van der Waals surface area contributed by atoms with E-state index in [1.807, 2.05) is 30.0 Å². The first-order valence-corrected chi connectivity index (χ1v) is 13.2. The number of esters is 1. The Morgan fingerprint density at radius 1 is 1.18 bits per heavy atom. The van der Waals surface area contributed by atoms with Crippen molar-refractivity contribution in [1.82, 2.24) is 0 Å². The summed E-state index contributed by atoms with van der Waals surface area (Å²) in [6, 6.07) is 18.6. The highest BCUT2D eigenvalue weighted by molar-refractivity contribution is 9.10. The molecule has 3 aromatic rings. The van der Waals surface area contributed by atoms with Crippen molar-refractivity contribution in [1.29, 1.82) is 5.26 Å². The Bertz CT molecular complexity index is 1540. The van der Waals surface area contributed by atoms with Crippen molar-refractivity contribution in [2.75, 3.05) is 11.5 Å². The topological polar surface area (TPSA) is 110 Å². The van der Waals surface area contributed by atoms with Crippen LogP contribution in [0.5, 0.6) is 0 Å². The molecule has 1 aliphatic carbocycles. The summed E-state index contributed by atoms with van der Waals surface area (Å²) in [5, 5.41) is 10.3. The summed E-state index contributed by atoms with van der Waals surface area (Å²) in [7, 11) is 0. The lowest BCUT2D eigenvalue weighted by atomic mass is 9.77. The van der Waals surface area contributed by atoms with Crippen LogP contribution in [0.2, 0.25) is 0 Å². The van der Waals surface area contributed by atoms with Crippen LogP contribution >= 0.6 is 15.9 Å². The number of benzene rings is 2. The molecule has 2 heterocycles. The van der Waals surface area contributed by atoms with Gasteiger partial charge in [0.1, 0.15) is 17.3 Å². The molecule has 0 amide bonds. The lowest BCUT2D eigenvalue weighted by molar-refractivity contribution is -0.116. The number of halogens is 1. The number of nitriles is 1. The summed E-state index contributed by atoms with van der Waals surface area (Å²) in [6.45, 7) is 4.04. The second-order valence-corrected chi connectivity index (χ2v) is 10.2. The van der Waals surface area contributed by atoms with Crippen LogP contribution in [-0.4, -0.2) is 18.4 Å². The Morgan fingerprint density at radius 2 is 1.95 bits per heavy atom. The second-order valence-electron chi connectivity index (χ2n) is 9.25. The molecule has 2 aromatic carbocycles. The van der Waals surface area contributed by atoms with Gasteiger partial charge in [0.15, 0.2) is 5.78 Å². The van der Waals surface area contributed by atoms with Gasteiger partial charge in [-0.25, -0.2) is 4.79 Å². The summed E-state index contributed by atoms with van der Waals surface area (Å²) < 4.78 is 12.2. The molecule has 192 valence electrons. The third kappa shape index (κ3) is 4.44. The number of ketones is 1. The van der Waals surface area contributed by atoms with Crippen LogP contribution in [0.15, 0.2) is 86.2 Å². The molecule has 0 spiro atoms. The average molecular weight is 572 g/mol. The lowest BCUT2D eigenvalue weighted by Gasteiger charge is -2.39. The quantitative estimate of drug-likeness (QED) is 0.348. The summed E-state index contributed by atoms with van der Waals surface area (Å²) in [5.41, 5.74) is 11.3. The van der Waals surface area contributed by atoms with Gasteiger partial charge >= 0.3 is 5.97 Å². The van der Waals surface area contributed by atoms with Gasteiger partial charge < -0.3 is 14.9 Å². The van der Waals surface area contributed by atoms with Gasteiger partial charge in [-0.1, -0.05) is 28.1 Å². The maximum atomic E-state index is 13.4. The minimum Gasteiger partial charge on any atom is -0.462 e. The minimum atomic E-state index is -0.692. The third-order valence-electron chi connectivity index (χ3n) is 6.90. The number of hydrogen-bond acceptors (Lipinski definition) is 7. The van der Waals surface area contributed by atoms with E-state index in [0.29, 0.717) is 54.3 Å². The van der Waals surface area contributed by atoms with Gasteiger partial charge in [0.25, 0.3) is 0 Å². The van der Waals surface area contributed by atoms with Crippen molar-refractivity contribution < 1.29 is 18.7 Å². The molecule has 2 N–H and O–H groups in total. The summed E-state index contributed by atoms with van der Waals surface area (Å²) in [6.07, 6.45) is 1.78. The zero-order chi connectivity index (χ0) is 27.0. The van der Waals surface area contributed by atoms with Crippen molar-refractivity contribution in [3.8, 4) is 17.4 Å². The van der Waals surface area contributed by atoms with Crippen molar-refractivity contribution in [3.63, 3.8) is 0 Å². The van der Waals surface area contributed by atoms with E-state index in [1.165, 1.54) is 0 Å². The largest absolute Gasteiger partial charge is 0.462 e. The highest BCUT2D eigenvalue weighted by Crippen LogP contribution is 2.47. The Hall–Kier alpha value is -4.09. The zero-order valence-electron chi connectivity index (χ0n) is 21.1. The molecule has 8 heteroatoms. The molecule has 2 aliphatic rings. The van der Waals surface area contributed by atoms with Gasteiger partial charge in [-0.05, 0) is 74.7 Å². The Morgan fingerprint density at radius 3 is 2.63 bits per heavy atom. The van der Waals surface area contributed by atoms with Crippen LogP contribution in [0, 0.1) is 18.3 Å². The SMILES string of the molecule is CCOC(=O)c1ccc(-c2ccc(C3C(C#N)=C(N)N(c4ccc(Br)cc4C)C4=C3C(=O)CCC4)o2)cc1. The van der Waals surface area contributed by atoms with Crippen molar-refractivity contribution in [2.24, 2.45) is 5.73 Å². The van der Waals surface area contributed by atoms with E-state index in [2.05, 4.69) is 22.0 Å².